The summed E-state index contributed by atoms with van der Waals surface area (Å²) in [6.45, 7) is 0. The summed E-state index contributed by atoms with van der Waals surface area (Å²) in [5.74, 6) is 0. The van der Waals surface area contributed by atoms with Crippen LogP contribution in [0.5, 0.6) is 0 Å². The number of hydrogen-bond acceptors (Lipinski definition) is 2. The highest BCUT2D eigenvalue weighted by Gasteiger charge is 2.07. The van der Waals surface area contributed by atoms with Crippen LogP contribution in [0.3, 0.4) is 0 Å². The first-order valence-corrected chi connectivity index (χ1v) is 5.73. The number of nitrogens with zero attached hydrogens (tertiary/aromatic N) is 3. The van der Waals surface area contributed by atoms with Crippen molar-refractivity contribution in [2.75, 3.05) is 0 Å². The number of benzene rings is 1. The molecule has 88 valence electrons. The first-order chi connectivity index (χ1) is 8.76. The highest BCUT2D eigenvalue weighted by atomic mass is 15.0. The lowest BCUT2D eigenvalue weighted by atomic mass is 10.1. The molecular weight excluding hydrogens is 224 g/mol. The molecule has 2 heterocycles. The molecule has 3 rings (SSSR count). The van der Waals surface area contributed by atoms with Crippen molar-refractivity contribution in [2.24, 2.45) is 7.05 Å². The summed E-state index contributed by atoms with van der Waals surface area (Å²) in [6.07, 6.45) is 6.56. The monoisotopic (exact) mass is 236 g/mol. The Hall–Kier alpha value is -2.54. The van der Waals surface area contributed by atoms with Crippen LogP contribution in [-0.4, -0.2) is 14.5 Å². The van der Waals surface area contributed by atoms with Crippen molar-refractivity contribution in [3.63, 3.8) is 0 Å². The highest BCUT2D eigenvalue weighted by Crippen LogP contribution is 2.21. The van der Waals surface area contributed by atoms with Gasteiger partial charge in [-0.05, 0) is 23.8 Å². The number of H-pyrrole nitrogens is 1. The number of aryl methyl sites for hydroxylation is 1. The summed E-state index contributed by atoms with van der Waals surface area (Å²) in [6, 6.07) is 7.85. The predicted molar refractivity (Wildman–Crippen MR) is 69.0 cm³/mol. The molecule has 0 unspecified atom stereocenters. The van der Waals surface area contributed by atoms with Gasteiger partial charge in [0.2, 0.25) is 0 Å². The maximum atomic E-state index is 8.94. The lowest BCUT2D eigenvalue weighted by Crippen LogP contribution is -1.87. The van der Waals surface area contributed by atoms with E-state index >= 15 is 0 Å². The van der Waals surface area contributed by atoms with Gasteiger partial charge < -0.3 is 9.55 Å². The van der Waals surface area contributed by atoms with Crippen LogP contribution in [0.25, 0.3) is 10.9 Å². The minimum Gasteiger partial charge on any atom is -0.361 e. The third kappa shape index (κ3) is 1.76. The van der Waals surface area contributed by atoms with E-state index in [1.54, 1.807) is 6.33 Å². The topological polar surface area (TPSA) is 57.4 Å². The maximum absolute atomic E-state index is 8.94. The fourth-order valence-electron chi connectivity index (χ4n) is 2.15. The average molecular weight is 236 g/mol. The van der Waals surface area contributed by atoms with E-state index in [2.05, 4.69) is 16.0 Å². The molecule has 0 saturated carbocycles. The minimum absolute atomic E-state index is 0.685. The zero-order valence-electron chi connectivity index (χ0n) is 10.0. The van der Waals surface area contributed by atoms with Gasteiger partial charge in [-0.1, -0.05) is 0 Å². The fourth-order valence-corrected chi connectivity index (χ4v) is 2.15. The zero-order chi connectivity index (χ0) is 12.5. The van der Waals surface area contributed by atoms with Gasteiger partial charge >= 0.3 is 0 Å². The SMILES string of the molecule is Cn1cnc(Cc2c[nH]c3ccc(C#N)cc23)c1. The number of rotatable bonds is 2. The van der Waals surface area contributed by atoms with Crippen molar-refractivity contribution in [1.29, 1.82) is 5.26 Å². The van der Waals surface area contributed by atoms with E-state index in [1.807, 2.05) is 42.2 Å². The molecule has 0 saturated heterocycles. The molecule has 0 aliphatic carbocycles. The summed E-state index contributed by atoms with van der Waals surface area (Å²) in [4.78, 5) is 7.55. The van der Waals surface area contributed by atoms with Crippen LogP contribution in [0.2, 0.25) is 0 Å². The average Bonchev–Trinajstić information content (AvgIpc) is 2.96. The Labute approximate surface area is 105 Å². The number of aromatic nitrogens is 3. The van der Waals surface area contributed by atoms with E-state index < -0.39 is 0 Å². The number of nitriles is 1. The number of fused-ring (bicyclic) bond motifs is 1. The van der Waals surface area contributed by atoms with E-state index in [1.165, 1.54) is 5.56 Å². The summed E-state index contributed by atoms with van der Waals surface area (Å²) in [5.41, 5.74) is 3.94. The van der Waals surface area contributed by atoms with E-state index in [0.29, 0.717) is 5.56 Å². The molecule has 0 aliphatic rings. The molecule has 4 heteroatoms. The molecular formula is C14H12N4. The normalized spacial score (nSPS) is 10.7. The predicted octanol–water partition coefficient (Wildman–Crippen LogP) is 2.36. The van der Waals surface area contributed by atoms with Crippen LogP contribution in [-0.2, 0) is 13.5 Å². The second kappa shape index (κ2) is 4.04. The van der Waals surface area contributed by atoms with E-state index in [4.69, 9.17) is 5.26 Å². The van der Waals surface area contributed by atoms with Gasteiger partial charge in [0.1, 0.15) is 0 Å². The molecule has 0 radical (unpaired) electrons. The molecule has 0 aliphatic heterocycles. The molecule has 2 aromatic heterocycles. The van der Waals surface area contributed by atoms with Gasteiger partial charge in [0.15, 0.2) is 0 Å². The largest absolute Gasteiger partial charge is 0.361 e. The summed E-state index contributed by atoms with van der Waals surface area (Å²) in [7, 11) is 1.96. The highest BCUT2D eigenvalue weighted by molar-refractivity contribution is 5.84. The Balaban J connectivity index is 2.04. The van der Waals surface area contributed by atoms with Crippen LogP contribution >= 0.6 is 0 Å². The van der Waals surface area contributed by atoms with Gasteiger partial charge in [-0.2, -0.15) is 5.26 Å². The molecule has 1 aromatic carbocycles. The van der Waals surface area contributed by atoms with Gasteiger partial charge in [-0.25, -0.2) is 4.98 Å². The van der Waals surface area contributed by atoms with E-state index in [-0.39, 0.29) is 0 Å². The lowest BCUT2D eigenvalue weighted by molar-refractivity contribution is 0.912. The Bertz CT molecular complexity index is 743. The zero-order valence-corrected chi connectivity index (χ0v) is 10.0. The Morgan fingerprint density at radius 2 is 2.33 bits per heavy atom. The first-order valence-electron chi connectivity index (χ1n) is 5.73. The molecule has 4 nitrogen and oxygen atoms in total. The molecule has 0 fully saturated rings. The first kappa shape index (κ1) is 10.6. The Morgan fingerprint density at radius 3 is 3.06 bits per heavy atom. The van der Waals surface area contributed by atoms with Crippen molar-refractivity contribution >= 4 is 10.9 Å². The second-order valence-electron chi connectivity index (χ2n) is 4.39. The molecule has 0 amide bonds. The number of nitrogens with one attached hydrogen (secondary N) is 1. The fraction of sp³-hybridized carbons (Fsp3) is 0.143. The summed E-state index contributed by atoms with van der Waals surface area (Å²) in [5, 5.41) is 10.0. The van der Waals surface area contributed by atoms with Gasteiger partial charge in [0.25, 0.3) is 0 Å². The van der Waals surface area contributed by atoms with Gasteiger partial charge in [-0.3, -0.25) is 0 Å². The Morgan fingerprint density at radius 1 is 1.44 bits per heavy atom. The van der Waals surface area contributed by atoms with Crippen molar-refractivity contribution in [2.45, 2.75) is 6.42 Å². The van der Waals surface area contributed by atoms with Crippen LogP contribution in [0, 0.1) is 11.3 Å². The van der Waals surface area contributed by atoms with E-state index in [0.717, 1.165) is 23.0 Å². The number of imidazole rings is 1. The van der Waals surface area contributed by atoms with Crippen molar-refractivity contribution in [3.05, 3.63) is 53.7 Å². The molecule has 1 N–H and O–H groups in total. The van der Waals surface area contributed by atoms with Gasteiger partial charge in [0.05, 0.1) is 23.7 Å². The summed E-state index contributed by atoms with van der Waals surface area (Å²) >= 11 is 0. The lowest BCUT2D eigenvalue weighted by Gasteiger charge is -1.97. The van der Waals surface area contributed by atoms with Crippen LogP contribution < -0.4 is 0 Å². The maximum Gasteiger partial charge on any atom is 0.0991 e. The smallest absolute Gasteiger partial charge is 0.0991 e. The third-order valence-electron chi connectivity index (χ3n) is 3.03. The van der Waals surface area contributed by atoms with Crippen LogP contribution in [0.15, 0.2) is 36.9 Å². The number of aromatic amines is 1. The van der Waals surface area contributed by atoms with Gasteiger partial charge in [-0.15, -0.1) is 0 Å². The standard InChI is InChI=1S/C14H12N4/c1-18-8-12(17-9-18)5-11-7-16-14-3-2-10(6-15)4-13(11)14/h2-4,7-9,16H,5H2,1H3. The Kier molecular flexibility index (Phi) is 2.38. The molecule has 0 atom stereocenters. The quantitative estimate of drug-likeness (QED) is 0.742. The summed E-state index contributed by atoms with van der Waals surface area (Å²) < 4.78 is 1.94. The molecule has 0 spiro atoms. The van der Waals surface area contributed by atoms with E-state index in [9.17, 15) is 0 Å². The van der Waals surface area contributed by atoms with Gasteiger partial charge in [0, 0.05) is 36.8 Å². The minimum atomic E-state index is 0.685. The van der Waals surface area contributed by atoms with Crippen molar-refractivity contribution in [1.82, 2.24) is 14.5 Å². The number of hydrogen-bond donors (Lipinski definition) is 1. The van der Waals surface area contributed by atoms with Crippen LogP contribution in [0.1, 0.15) is 16.8 Å². The van der Waals surface area contributed by atoms with Crippen molar-refractivity contribution < 1.29 is 0 Å². The van der Waals surface area contributed by atoms with Crippen molar-refractivity contribution in [3.8, 4) is 6.07 Å². The molecule has 3 aromatic rings. The second-order valence-corrected chi connectivity index (χ2v) is 4.39. The third-order valence-corrected chi connectivity index (χ3v) is 3.03. The molecule has 0 bridgehead atoms. The molecule has 18 heavy (non-hydrogen) atoms. The van der Waals surface area contributed by atoms with Crippen LogP contribution in [0.4, 0.5) is 0 Å².